The Morgan fingerprint density at radius 2 is 2.57 bits per heavy atom. The number of amides is 1. The Morgan fingerprint density at radius 3 is 3.07 bits per heavy atom. The minimum absolute atomic E-state index is 0.190. The fourth-order valence-electron chi connectivity index (χ4n) is 0.956. The third-order valence-electron chi connectivity index (χ3n) is 1.64. The number of anilines is 1. The maximum Gasteiger partial charge on any atom is 0.244 e. The van der Waals surface area contributed by atoms with Crippen LogP contribution in [0, 0.1) is 6.92 Å². The van der Waals surface area contributed by atoms with Gasteiger partial charge in [-0.3, -0.25) is 9.89 Å². The zero-order valence-corrected chi connectivity index (χ0v) is 8.20. The lowest BCUT2D eigenvalue weighted by atomic mass is 10.3. The largest absolute Gasteiger partial charge is 0.383 e. The van der Waals surface area contributed by atoms with E-state index in [1.165, 1.54) is 7.11 Å². The first-order valence-corrected chi connectivity index (χ1v) is 4.21. The number of nitrogens with zero attached hydrogens (tertiary/aromatic N) is 1. The molecule has 0 saturated carbocycles. The molecule has 0 aliphatic carbocycles. The number of aromatic nitrogens is 2. The summed E-state index contributed by atoms with van der Waals surface area (Å²) in [6.07, 6.45) is 0. The van der Waals surface area contributed by atoms with Crippen molar-refractivity contribution in [3.8, 4) is 0 Å². The van der Waals surface area contributed by atoms with Gasteiger partial charge in [0, 0.05) is 18.9 Å². The molecule has 1 heterocycles. The molecule has 0 saturated heterocycles. The van der Waals surface area contributed by atoms with Crippen LogP contribution in [0.25, 0.3) is 0 Å². The van der Waals surface area contributed by atoms with E-state index >= 15 is 0 Å². The van der Waals surface area contributed by atoms with Crippen LogP contribution >= 0.6 is 0 Å². The van der Waals surface area contributed by atoms with Crippen LogP contribution in [-0.4, -0.2) is 35.9 Å². The van der Waals surface area contributed by atoms with E-state index in [1.807, 2.05) is 6.92 Å². The van der Waals surface area contributed by atoms with E-state index in [1.54, 1.807) is 6.07 Å². The van der Waals surface area contributed by atoms with Crippen molar-refractivity contribution < 1.29 is 9.53 Å². The average Bonchev–Trinajstić information content (AvgIpc) is 2.51. The molecule has 0 aliphatic rings. The lowest BCUT2D eigenvalue weighted by Gasteiger charge is -2.08. The summed E-state index contributed by atoms with van der Waals surface area (Å²) in [5, 5.41) is 9.11. The molecule has 1 rings (SSSR count). The van der Waals surface area contributed by atoms with E-state index in [0.717, 1.165) is 5.69 Å². The Labute approximate surface area is 81.8 Å². The average molecular weight is 198 g/mol. The normalized spacial score (nSPS) is 12.5. The summed E-state index contributed by atoms with van der Waals surface area (Å²) in [7, 11) is 1.49. The second-order valence-corrected chi connectivity index (χ2v) is 2.99. The molecule has 78 valence electrons. The molecule has 6 nitrogen and oxygen atoms in total. The number of carbonyl (C=O) groups is 1. The standard InChI is InChI=1S/C8H14N4O2/c1-5-3-7(12-11-5)10-8(13)6(9)4-14-2/h3,6H,4,9H2,1-2H3,(H2,10,11,12,13). The molecule has 1 aromatic heterocycles. The number of hydrogen-bond donors (Lipinski definition) is 3. The lowest BCUT2D eigenvalue weighted by molar-refractivity contribution is -0.118. The van der Waals surface area contributed by atoms with Gasteiger partial charge in [-0.05, 0) is 6.92 Å². The SMILES string of the molecule is COCC(N)C(=O)Nc1cc(C)[nH]n1. The Hall–Kier alpha value is -1.40. The maximum absolute atomic E-state index is 11.3. The number of nitrogens with one attached hydrogen (secondary N) is 2. The van der Waals surface area contributed by atoms with Crippen LogP contribution < -0.4 is 11.1 Å². The Morgan fingerprint density at radius 1 is 1.86 bits per heavy atom. The molecule has 0 spiro atoms. The van der Waals surface area contributed by atoms with Gasteiger partial charge in [-0.15, -0.1) is 0 Å². The van der Waals surface area contributed by atoms with Gasteiger partial charge in [0.25, 0.3) is 0 Å². The van der Waals surface area contributed by atoms with E-state index in [9.17, 15) is 4.79 Å². The minimum Gasteiger partial charge on any atom is -0.383 e. The number of nitrogens with two attached hydrogens (primary N) is 1. The van der Waals surface area contributed by atoms with Gasteiger partial charge in [0.05, 0.1) is 6.61 Å². The van der Waals surface area contributed by atoms with Crippen molar-refractivity contribution in [3.63, 3.8) is 0 Å². The first kappa shape index (κ1) is 10.7. The van der Waals surface area contributed by atoms with Crippen LogP contribution in [0.4, 0.5) is 5.82 Å². The first-order valence-electron chi connectivity index (χ1n) is 4.21. The van der Waals surface area contributed by atoms with Gasteiger partial charge in [-0.1, -0.05) is 0 Å². The van der Waals surface area contributed by atoms with E-state index in [-0.39, 0.29) is 12.5 Å². The molecule has 1 unspecified atom stereocenters. The summed E-state index contributed by atoms with van der Waals surface area (Å²) in [6, 6.07) is 1.05. The molecular formula is C8H14N4O2. The highest BCUT2D eigenvalue weighted by Crippen LogP contribution is 2.03. The van der Waals surface area contributed by atoms with Crippen molar-refractivity contribution in [3.05, 3.63) is 11.8 Å². The second kappa shape index (κ2) is 4.73. The van der Waals surface area contributed by atoms with Gasteiger partial charge in [-0.2, -0.15) is 5.10 Å². The summed E-state index contributed by atoms with van der Waals surface area (Å²) in [5.41, 5.74) is 6.38. The van der Waals surface area contributed by atoms with Crippen molar-refractivity contribution >= 4 is 11.7 Å². The highest BCUT2D eigenvalue weighted by Gasteiger charge is 2.13. The van der Waals surface area contributed by atoms with Gasteiger partial charge in [0.15, 0.2) is 5.82 Å². The van der Waals surface area contributed by atoms with Gasteiger partial charge in [-0.25, -0.2) is 0 Å². The second-order valence-electron chi connectivity index (χ2n) is 2.99. The molecular weight excluding hydrogens is 184 g/mol. The van der Waals surface area contributed by atoms with E-state index < -0.39 is 6.04 Å². The lowest BCUT2D eigenvalue weighted by Crippen LogP contribution is -2.39. The number of ether oxygens (including phenoxy) is 1. The topological polar surface area (TPSA) is 93.0 Å². The molecule has 0 radical (unpaired) electrons. The number of carbonyl (C=O) groups excluding carboxylic acids is 1. The summed E-state index contributed by atoms with van der Waals surface area (Å²) in [6.45, 7) is 2.03. The third-order valence-corrected chi connectivity index (χ3v) is 1.64. The van der Waals surface area contributed by atoms with Crippen LogP contribution in [0.3, 0.4) is 0 Å². The zero-order valence-electron chi connectivity index (χ0n) is 8.20. The Balaban J connectivity index is 2.48. The van der Waals surface area contributed by atoms with Crippen LogP contribution in [0.2, 0.25) is 0 Å². The van der Waals surface area contributed by atoms with E-state index in [2.05, 4.69) is 15.5 Å². The smallest absolute Gasteiger partial charge is 0.244 e. The quantitative estimate of drug-likeness (QED) is 0.615. The van der Waals surface area contributed by atoms with Gasteiger partial charge >= 0.3 is 0 Å². The van der Waals surface area contributed by atoms with Gasteiger partial charge in [0.1, 0.15) is 6.04 Å². The monoisotopic (exact) mass is 198 g/mol. The molecule has 0 fully saturated rings. The predicted octanol–water partition coefficient (Wildman–Crippen LogP) is -0.370. The Bertz CT molecular complexity index is 310. The molecule has 0 aliphatic heterocycles. The molecule has 4 N–H and O–H groups in total. The van der Waals surface area contributed by atoms with Gasteiger partial charge < -0.3 is 15.8 Å². The summed E-state index contributed by atoms with van der Waals surface area (Å²) in [5.74, 6) is 0.164. The highest BCUT2D eigenvalue weighted by atomic mass is 16.5. The van der Waals surface area contributed by atoms with Gasteiger partial charge in [0.2, 0.25) is 5.91 Å². The van der Waals surface area contributed by atoms with Crippen molar-refractivity contribution in [2.24, 2.45) is 5.73 Å². The van der Waals surface area contributed by atoms with Crippen molar-refractivity contribution in [2.75, 3.05) is 19.0 Å². The summed E-state index contributed by atoms with van der Waals surface area (Å²) >= 11 is 0. The van der Waals surface area contributed by atoms with E-state index in [4.69, 9.17) is 10.5 Å². The fraction of sp³-hybridized carbons (Fsp3) is 0.500. The Kier molecular flexibility index (Phi) is 3.61. The molecule has 1 aromatic rings. The molecule has 0 aromatic carbocycles. The summed E-state index contributed by atoms with van der Waals surface area (Å²) in [4.78, 5) is 11.3. The molecule has 14 heavy (non-hydrogen) atoms. The van der Waals surface area contributed by atoms with Crippen molar-refractivity contribution in [1.82, 2.24) is 10.2 Å². The highest BCUT2D eigenvalue weighted by molar-refractivity contribution is 5.93. The number of aryl methyl sites for hydroxylation is 1. The summed E-state index contributed by atoms with van der Waals surface area (Å²) < 4.78 is 4.75. The maximum atomic E-state index is 11.3. The number of H-pyrrole nitrogens is 1. The molecule has 1 amide bonds. The fourth-order valence-corrected chi connectivity index (χ4v) is 0.956. The number of aromatic amines is 1. The predicted molar refractivity (Wildman–Crippen MR) is 51.8 cm³/mol. The molecule has 1 atom stereocenters. The third kappa shape index (κ3) is 2.82. The first-order chi connectivity index (χ1) is 6.63. The zero-order chi connectivity index (χ0) is 10.6. The van der Waals surface area contributed by atoms with Crippen molar-refractivity contribution in [2.45, 2.75) is 13.0 Å². The van der Waals surface area contributed by atoms with Crippen LogP contribution in [0.1, 0.15) is 5.69 Å². The molecule has 0 bridgehead atoms. The number of rotatable bonds is 4. The van der Waals surface area contributed by atoms with Crippen LogP contribution in [0.5, 0.6) is 0 Å². The van der Waals surface area contributed by atoms with E-state index in [0.29, 0.717) is 5.82 Å². The van der Waals surface area contributed by atoms with Crippen LogP contribution in [0.15, 0.2) is 6.07 Å². The van der Waals surface area contributed by atoms with Crippen molar-refractivity contribution in [1.29, 1.82) is 0 Å². The van der Waals surface area contributed by atoms with Crippen LogP contribution in [-0.2, 0) is 9.53 Å². The molecule has 6 heteroatoms. The number of methoxy groups -OCH3 is 1. The minimum atomic E-state index is -0.669. The number of hydrogen-bond acceptors (Lipinski definition) is 4.